The third-order valence-corrected chi connectivity index (χ3v) is 4.75. The summed E-state index contributed by atoms with van der Waals surface area (Å²) in [5, 5.41) is 3.95. The van der Waals surface area contributed by atoms with Crippen molar-refractivity contribution in [2.24, 2.45) is 0 Å². The minimum Gasteiger partial charge on any atom is -0.338 e. The van der Waals surface area contributed by atoms with Crippen LogP contribution in [0.5, 0.6) is 0 Å². The Hall–Kier alpha value is -2.42. The van der Waals surface area contributed by atoms with Crippen molar-refractivity contribution in [3.8, 4) is 0 Å². The van der Waals surface area contributed by atoms with Crippen LogP contribution in [-0.4, -0.2) is 52.0 Å². The van der Waals surface area contributed by atoms with Gasteiger partial charge in [0.25, 0.3) is 5.91 Å². The van der Waals surface area contributed by atoms with E-state index in [1.807, 2.05) is 0 Å². The maximum absolute atomic E-state index is 13.2. The van der Waals surface area contributed by atoms with Crippen molar-refractivity contribution in [1.82, 2.24) is 19.9 Å². The Morgan fingerprint density at radius 2 is 1.89 bits per heavy atom. The molecule has 3 rings (SSSR count). The second-order valence-electron chi connectivity index (χ2n) is 6.82. The second-order valence-corrected chi connectivity index (χ2v) is 6.82. The topological polar surface area (TPSA) is 62.5 Å². The Labute approximate surface area is 161 Å². The minimum absolute atomic E-state index is 0.305. The molecule has 28 heavy (non-hydrogen) atoms. The summed E-state index contributed by atoms with van der Waals surface area (Å²) in [5.41, 5.74) is -1.20. The maximum Gasteiger partial charge on any atom is 0.417 e. The predicted molar refractivity (Wildman–Crippen MR) is 95.5 cm³/mol. The molecule has 1 amide bonds. The van der Waals surface area contributed by atoms with Gasteiger partial charge in [-0.25, -0.2) is 0 Å². The quantitative estimate of drug-likeness (QED) is 0.749. The number of carbonyl (C=O) groups excluding carboxylic acids is 1. The number of aryl methyl sites for hydroxylation is 1. The number of unbranched alkanes of at least 4 members (excludes halogenated alkanes) is 1. The molecule has 1 aromatic heterocycles. The lowest BCUT2D eigenvalue weighted by Gasteiger charge is -2.34. The number of nitrogens with zero attached hydrogens (tertiary/aromatic N) is 4. The van der Waals surface area contributed by atoms with Crippen LogP contribution in [0.1, 0.15) is 47.4 Å². The lowest BCUT2D eigenvalue weighted by molar-refractivity contribution is -0.138. The minimum atomic E-state index is -4.55. The van der Waals surface area contributed by atoms with E-state index in [4.69, 9.17) is 4.52 Å². The van der Waals surface area contributed by atoms with E-state index >= 15 is 0 Å². The Kier molecular flexibility index (Phi) is 6.33. The number of alkyl halides is 3. The van der Waals surface area contributed by atoms with Crippen molar-refractivity contribution in [3.63, 3.8) is 0 Å². The van der Waals surface area contributed by atoms with E-state index in [1.165, 1.54) is 23.1 Å². The van der Waals surface area contributed by atoms with Gasteiger partial charge in [0.15, 0.2) is 5.82 Å². The molecule has 0 radical (unpaired) electrons. The number of carbonyl (C=O) groups is 1. The van der Waals surface area contributed by atoms with Crippen molar-refractivity contribution >= 4 is 5.91 Å². The molecule has 152 valence electrons. The summed E-state index contributed by atoms with van der Waals surface area (Å²) in [7, 11) is 0. The summed E-state index contributed by atoms with van der Waals surface area (Å²) < 4.78 is 44.7. The second kappa shape index (κ2) is 8.72. The van der Waals surface area contributed by atoms with Crippen molar-refractivity contribution in [2.45, 2.75) is 38.9 Å². The van der Waals surface area contributed by atoms with Crippen molar-refractivity contribution in [2.75, 3.05) is 26.2 Å². The molecule has 1 aromatic carbocycles. The van der Waals surface area contributed by atoms with E-state index in [0.717, 1.165) is 25.3 Å². The first kappa shape index (κ1) is 20.3. The zero-order valence-electron chi connectivity index (χ0n) is 15.7. The summed E-state index contributed by atoms with van der Waals surface area (Å²) in [6, 6.07) is 4.91. The Morgan fingerprint density at radius 3 is 2.57 bits per heavy atom. The number of aromatic nitrogens is 2. The van der Waals surface area contributed by atoms with Gasteiger partial charge < -0.3 is 9.42 Å². The van der Waals surface area contributed by atoms with Gasteiger partial charge in [-0.15, -0.1) is 0 Å². The molecule has 0 unspecified atom stereocenters. The van der Waals surface area contributed by atoms with Crippen LogP contribution in [0.4, 0.5) is 13.2 Å². The molecule has 1 fully saturated rings. The molecule has 1 aliphatic heterocycles. The first-order valence-electron chi connectivity index (χ1n) is 9.37. The largest absolute Gasteiger partial charge is 0.417 e. The molecule has 2 heterocycles. The molecule has 0 spiro atoms. The Balaban J connectivity index is 1.57. The van der Waals surface area contributed by atoms with Crippen LogP contribution in [0.2, 0.25) is 0 Å². The zero-order valence-corrected chi connectivity index (χ0v) is 15.7. The van der Waals surface area contributed by atoms with Crippen LogP contribution in [-0.2, 0) is 19.1 Å². The molecule has 0 N–H and O–H groups in total. The number of halogens is 3. The average Bonchev–Trinajstić information content (AvgIpc) is 3.13. The SMILES string of the molecule is CCCCc1noc(CN2CCN(C(=O)c3ccccc3C(F)(F)F)CC2)n1. The van der Waals surface area contributed by atoms with E-state index in [-0.39, 0.29) is 5.56 Å². The normalized spacial score (nSPS) is 15.8. The number of benzene rings is 1. The summed E-state index contributed by atoms with van der Waals surface area (Å²) in [5.74, 6) is 0.620. The molecule has 6 nitrogen and oxygen atoms in total. The molecule has 1 saturated heterocycles. The van der Waals surface area contributed by atoms with Gasteiger partial charge in [0, 0.05) is 32.6 Å². The monoisotopic (exact) mass is 396 g/mol. The smallest absolute Gasteiger partial charge is 0.338 e. The van der Waals surface area contributed by atoms with Gasteiger partial charge in [0.2, 0.25) is 5.89 Å². The van der Waals surface area contributed by atoms with Gasteiger partial charge in [-0.2, -0.15) is 18.2 Å². The van der Waals surface area contributed by atoms with E-state index in [1.54, 1.807) is 0 Å². The lowest BCUT2D eigenvalue weighted by Crippen LogP contribution is -2.48. The summed E-state index contributed by atoms with van der Waals surface area (Å²) >= 11 is 0. The molecular formula is C19H23F3N4O2. The third kappa shape index (κ3) is 4.89. The first-order valence-corrected chi connectivity index (χ1v) is 9.37. The van der Waals surface area contributed by atoms with Crippen LogP contribution in [0.15, 0.2) is 28.8 Å². The lowest BCUT2D eigenvalue weighted by atomic mass is 10.1. The molecule has 2 aromatic rings. The van der Waals surface area contributed by atoms with Gasteiger partial charge in [-0.05, 0) is 18.6 Å². The first-order chi connectivity index (χ1) is 13.4. The maximum atomic E-state index is 13.2. The fourth-order valence-corrected chi connectivity index (χ4v) is 3.18. The van der Waals surface area contributed by atoms with Gasteiger partial charge >= 0.3 is 6.18 Å². The molecule has 1 aliphatic rings. The highest BCUT2D eigenvalue weighted by molar-refractivity contribution is 5.96. The average molecular weight is 396 g/mol. The third-order valence-electron chi connectivity index (χ3n) is 4.75. The van der Waals surface area contributed by atoms with Gasteiger partial charge in [0.05, 0.1) is 17.7 Å². The van der Waals surface area contributed by atoms with E-state index in [0.29, 0.717) is 44.4 Å². The predicted octanol–water partition coefficient (Wildman–Crippen LogP) is 3.39. The molecule has 9 heteroatoms. The fourth-order valence-electron chi connectivity index (χ4n) is 3.18. The van der Waals surface area contributed by atoms with Gasteiger partial charge in [-0.3, -0.25) is 9.69 Å². The summed E-state index contributed by atoms with van der Waals surface area (Å²) in [4.78, 5) is 20.5. The Bertz CT molecular complexity index is 798. The van der Waals surface area contributed by atoms with E-state index < -0.39 is 17.6 Å². The molecule has 0 bridgehead atoms. The highest BCUT2D eigenvalue weighted by atomic mass is 19.4. The molecular weight excluding hydrogens is 373 g/mol. The highest BCUT2D eigenvalue weighted by Crippen LogP contribution is 2.32. The molecule has 0 saturated carbocycles. The van der Waals surface area contributed by atoms with Crippen molar-refractivity contribution in [3.05, 3.63) is 47.1 Å². The highest BCUT2D eigenvalue weighted by Gasteiger charge is 2.36. The molecule has 0 atom stereocenters. The number of amides is 1. The molecule has 0 aliphatic carbocycles. The summed E-state index contributed by atoms with van der Waals surface area (Å²) in [6.07, 6.45) is -1.72. The van der Waals surface area contributed by atoms with Crippen molar-refractivity contribution < 1.29 is 22.5 Å². The number of hydrogen-bond acceptors (Lipinski definition) is 5. The van der Waals surface area contributed by atoms with Crippen LogP contribution >= 0.6 is 0 Å². The standard InChI is InChI=1S/C19H23F3N4O2/c1-2-3-8-16-23-17(28-24-16)13-25-9-11-26(12-10-25)18(27)14-6-4-5-7-15(14)19(20,21)22/h4-7H,2-3,8-13H2,1H3. The van der Waals surface area contributed by atoms with Crippen LogP contribution in [0, 0.1) is 0 Å². The number of rotatable bonds is 6. The fraction of sp³-hybridized carbons (Fsp3) is 0.526. The van der Waals surface area contributed by atoms with Crippen LogP contribution in [0.3, 0.4) is 0 Å². The van der Waals surface area contributed by atoms with Crippen LogP contribution in [0.25, 0.3) is 0 Å². The van der Waals surface area contributed by atoms with Crippen molar-refractivity contribution in [1.29, 1.82) is 0 Å². The zero-order chi connectivity index (χ0) is 20.1. The number of piperazine rings is 1. The van der Waals surface area contributed by atoms with Crippen LogP contribution < -0.4 is 0 Å². The van der Waals surface area contributed by atoms with Gasteiger partial charge in [-0.1, -0.05) is 30.6 Å². The summed E-state index contributed by atoms with van der Waals surface area (Å²) in [6.45, 7) is 4.33. The number of hydrogen-bond donors (Lipinski definition) is 0. The Morgan fingerprint density at radius 1 is 1.18 bits per heavy atom. The van der Waals surface area contributed by atoms with E-state index in [9.17, 15) is 18.0 Å². The van der Waals surface area contributed by atoms with Gasteiger partial charge in [0.1, 0.15) is 0 Å². The van der Waals surface area contributed by atoms with E-state index in [2.05, 4.69) is 22.0 Å².